The SMILES string of the molecule is ClC1OC(Cl)C1Cl. The van der Waals surface area contributed by atoms with Crippen LogP contribution in [0, 0.1) is 0 Å². The van der Waals surface area contributed by atoms with Gasteiger partial charge in [-0.1, -0.05) is 23.2 Å². The molecule has 0 aromatic rings. The highest BCUT2D eigenvalue weighted by Crippen LogP contribution is 2.31. The number of rotatable bonds is 0. The Morgan fingerprint density at radius 1 is 1.00 bits per heavy atom. The van der Waals surface area contributed by atoms with E-state index in [9.17, 15) is 0 Å². The maximum absolute atomic E-state index is 5.46. The molecule has 1 aliphatic heterocycles. The zero-order chi connectivity index (χ0) is 5.44. The first kappa shape index (κ1) is 5.96. The Kier molecular flexibility index (Phi) is 1.68. The van der Waals surface area contributed by atoms with E-state index in [1.165, 1.54) is 0 Å². The Labute approximate surface area is 56.5 Å². The minimum Gasteiger partial charge on any atom is -0.340 e. The van der Waals surface area contributed by atoms with E-state index in [-0.39, 0.29) is 16.5 Å². The third-order valence-corrected chi connectivity index (χ3v) is 2.23. The first-order valence-electron chi connectivity index (χ1n) is 1.79. The quantitative estimate of drug-likeness (QED) is 0.492. The van der Waals surface area contributed by atoms with Gasteiger partial charge in [0, 0.05) is 0 Å². The monoisotopic (exact) mass is 160 g/mol. The summed E-state index contributed by atoms with van der Waals surface area (Å²) in [6.45, 7) is 0. The van der Waals surface area contributed by atoms with Gasteiger partial charge in [-0.15, -0.1) is 11.6 Å². The highest BCUT2D eigenvalue weighted by Gasteiger charge is 2.38. The molecule has 0 saturated carbocycles. The van der Waals surface area contributed by atoms with E-state index in [2.05, 4.69) is 4.74 Å². The van der Waals surface area contributed by atoms with Gasteiger partial charge in [-0.25, -0.2) is 0 Å². The van der Waals surface area contributed by atoms with Crippen LogP contribution in [0.3, 0.4) is 0 Å². The number of alkyl halides is 3. The lowest BCUT2D eigenvalue weighted by atomic mass is 10.4. The average Bonchev–Trinajstić information content (AvgIpc) is 1.68. The first-order chi connectivity index (χ1) is 3.22. The standard InChI is InChI=1S/C3H3Cl3O/c4-1-2(5)7-3(1)6/h1-3H. The van der Waals surface area contributed by atoms with Gasteiger partial charge in [0.25, 0.3) is 0 Å². The van der Waals surface area contributed by atoms with Crippen LogP contribution in [0.5, 0.6) is 0 Å². The molecule has 7 heavy (non-hydrogen) atoms. The predicted octanol–water partition coefficient (Wildman–Crippen LogP) is 1.75. The molecule has 0 aliphatic carbocycles. The minimum absolute atomic E-state index is 0.219. The molecule has 0 radical (unpaired) electrons. The van der Waals surface area contributed by atoms with Crippen molar-refractivity contribution in [3.63, 3.8) is 0 Å². The van der Waals surface area contributed by atoms with Gasteiger partial charge in [0.05, 0.1) is 0 Å². The highest BCUT2D eigenvalue weighted by molar-refractivity contribution is 6.36. The lowest BCUT2D eigenvalue weighted by Gasteiger charge is -2.32. The largest absolute Gasteiger partial charge is 0.340 e. The summed E-state index contributed by atoms with van der Waals surface area (Å²) in [6, 6.07) is 0. The van der Waals surface area contributed by atoms with Crippen LogP contribution < -0.4 is 0 Å². The Morgan fingerprint density at radius 3 is 1.43 bits per heavy atom. The molecular formula is C3H3Cl3O. The summed E-state index contributed by atoms with van der Waals surface area (Å²) in [5.74, 6) is 0. The van der Waals surface area contributed by atoms with Crippen LogP contribution >= 0.6 is 34.8 Å². The van der Waals surface area contributed by atoms with Crippen molar-refractivity contribution in [3.8, 4) is 0 Å². The first-order valence-corrected chi connectivity index (χ1v) is 3.10. The molecule has 0 N–H and O–H groups in total. The molecule has 1 rings (SSSR count). The summed E-state index contributed by atoms with van der Waals surface area (Å²) in [5, 5.41) is -0.219. The summed E-state index contributed by atoms with van der Waals surface area (Å²) in [6.07, 6.45) is 0. The maximum atomic E-state index is 5.46. The van der Waals surface area contributed by atoms with Gasteiger partial charge in [0.2, 0.25) is 0 Å². The normalized spacial score (nSPS) is 51.0. The highest BCUT2D eigenvalue weighted by atomic mass is 35.5. The van der Waals surface area contributed by atoms with E-state index in [1.807, 2.05) is 0 Å². The fourth-order valence-electron chi connectivity index (χ4n) is 0.304. The molecule has 1 nitrogen and oxygen atoms in total. The summed E-state index contributed by atoms with van der Waals surface area (Å²) >= 11 is 16.2. The van der Waals surface area contributed by atoms with Gasteiger partial charge in [-0.05, 0) is 0 Å². The number of ether oxygens (including phenoxy) is 1. The molecule has 0 spiro atoms. The van der Waals surface area contributed by atoms with E-state index in [1.54, 1.807) is 0 Å². The van der Waals surface area contributed by atoms with Gasteiger partial charge in [-0.3, -0.25) is 0 Å². The van der Waals surface area contributed by atoms with Crippen molar-refractivity contribution >= 4 is 34.8 Å². The fraction of sp³-hybridized carbons (Fsp3) is 1.00. The van der Waals surface area contributed by atoms with Crippen molar-refractivity contribution < 1.29 is 4.74 Å². The van der Waals surface area contributed by atoms with Crippen LogP contribution in [0.2, 0.25) is 0 Å². The number of halogens is 3. The molecule has 2 atom stereocenters. The fourth-order valence-corrected chi connectivity index (χ4v) is 1.04. The Balaban J connectivity index is 2.29. The van der Waals surface area contributed by atoms with Crippen LogP contribution in [0.4, 0.5) is 0 Å². The van der Waals surface area contributed by atoms with Gasteiger partial charge >= 0.3 is 0 Å². The second-order valence-corrected chi connectivity index (χ2v) is 2.65. The van der Waals surface area contributed by atoms with Gasteiger partial charge < -0.3 is 4.74 Å². The van der Waals surface area contributed by atoms with Crippen LogP contribution in [0.25, 0.3) is 0 Å². The molecule has 1 heterocycles. The van der Waals surface area contributed by atoms with E-state index in [0.717, 1.165) is 0 Å². The lowest BCUT2D eigenvalue weighted by molar-refractivity contribution is -0.0204. The Bertz CT molecular complexity index is 68.6. The van der Waals surface area contributed by atoms with Crippen molar-refractivity contribution in [2.24, 2.45) is 0 Å². The summed E-state index contributed by atoms with van der Waals surface area (Å²) in [4.78, 5) is 0. The van der Waals surface area contributed by atoms with Crippen LogP contribution in [0.1, 0.15) is 0 Å². The molecule has 0 amide bonds. The summed E-state index contributed by atoms with van der Waals surface area (Å²) in [5.41, 5.74) is -0.770. The Morgan fingerprint density at radius 2 is 1.43 bits per heavy atom. The van der Waals surface area contributed by atoms with Crippen molar-refractivity contribution in [3.05, 3.63) is 0 Å². The molecule has 2 unspecified atom stereocenters. The maximum Gasteiger partial charge on any atom is 0.153 e. The minimum atomic E-state index is -0.385. The topological polar surface area (TPSA) is 9.23 Å². The molecule has 42 valence electrons. The van der Waals surface area contributed by atoms with E-state index < -0.39 is 0 Å². The van der Waals surface area contributed by atoms with Gasteiger partial charge in [0.1, 0.15) is 5.38 Å². The molecule has 1 saturated heterocycles. The molecule has 0 aromatic carbocycles. The van der Waals surface area contributed by atoms with E-state index >= 15 is 0 Å². The second kappa shape index (κ2) is 1.98. The smallest absolute Gasteiger partial charge is 0.153 e. The summed E-state index contributed by atoms with van der Waals surface area (Å²) in [7, 11) is 0. The summed E-state index contributed by atoms with van der Waals surface area (Å²) < 4.78 is 4.65. The average molecular weight is 161 g/mol. The van der Waals surface area contributed by atoms with Crippen LogP contribution in [0.15, 0.2) is 0 Å². The predicted molar refractivity (Wildman–Crippen MR) is 30.0 cm³/mol. The van der Waals surface area contributed by atoms with E-state index in [0.29, 0.717) is 0 Å². The van der Waals surface area contributed by atoms with Crippen LogP contribution in [-0.4, -0.2) is 16.5 Å². The third kappa shape index (κ3) is 0.968. The van der Waals surface area contributed by atoms with E-state index in [4.69, 9.17) is 34.8 Å². The molecule has 0 aromatic heterocycles. The van der Waals surface area contributed by atoms with Gasteiger partial charge in [0.15, 0.2) is 11.1 Å². The molecular weight excluding hydrogens is 158 g/mol. The molecule has 0 bridgehead atoms. The third-order valence-electron chi connectivity index (χ3n) is 0.761. The number of hydrogen-bond acceptors (Lipinski definition) is 1. The molecule has 4 heteroatoms. The second-order valence-electron chi connectivity index (χ2n) is 1.28. The molecule has 1 aliphatic rings. The zero-order valence-corrected chi connectivity index (χ0v) is 5.54. The lowest BCUT2D eigenvalue weighted by Crippen LogP contribution is -2.43. The van der Waals surface area contributed by atoms with Crippen molar-refractivity contribution in [1.29, 1.82) is 0 Å². The zero-order valence-electron chi connectivity index (χ0n) is 3.27. The van der Waals surface area contributed by atoms with Crippen molar-refractivity contribution in [2.75, 3.05) is 0 Å². The van der Waals surface area contributed by atoms with Gasteiger partial charge in [-0.2, -0.15) is 0 Å². The van der Waals surface area contributed by atoms with Crippen molar-refractivity contribution in [2.45, 2.75) is 16.5 Å². The van der Waals surface area contributed by atoms with Crippen LogP contribution in [-0.2, 0) is 4.74 Å². The Hall–Kier alpha value is 0.830. The van der Waals surface area contributed by atoms with Crippen molar-refractivity contribution in [1.82, 2.24) is 0 Å². The number of hydrogen-bond donors (Lipinski definition) is 0. The molecule has 1 fully saturated rings.